The fraction of sp³-hybridized carbons (Fsp3) is 0.619. The number of likely N-dealkylation sites (tertiary alicyclic amines) is 1. The van der Waals surface area contributed by atoms with Crippen molar-refractivity contribution in [2.24, 2.45) is 0 Å². The zero-order chi connectivity index (χ0) is 19.7. The van der Waals surface area contributed by atoms with Crippen molar-refractivity contribution in [3.8, 4) is 0 Å². The molecule has 1 fully saturated rings. The van der Waals surface area contributed by atoms with Gasteiger partial charge in [-0.1, -0.05) is 11.6 Å². The summed E-state index contributed by atoms with van der Waals surface area (Å²) in [6.45, 7) is 6.27. The van der Waals surface area contributed by atoms with E-state index in [1.54, 1.807) is 0 Å². The Hall–Kier alpha value is -2.28. The highest BCUT2D eigenvalue weighted by atomic mass is 16.5. The van der Waals surface area contributed by atoms with Crippen LogP contribution in [0.4, 0.5) is 0 Å². The van der Waals surface area contributed by atoms with Crippen LogP contribution in [0.2, 0.25) is 0 Å². The van der Waals surface area contributed by atoms with Gasteiger partial charge in [0.2, 0.25) is 5.91 Å². The van der Waals surface area contributed by atoms with Gasteiger partial charge >= 0.3 is 0 Å². The number of rotatable bonds is 4. The maximum atomic E-state index is 12.7. The summed E-state index contributed by atoms with van der Waals surface area (Å²) in [7, 11) is 2.16. The second-order valence-electron chi connectivity index (χ2n) is 8.06. The van der Waals surface area contributed by atoms with Crippen LogP contribution in [-0.4, -0.2) is 51.0 Å². The van der Waals surface area contributed by atoms with E-state index in [0.717, 1.165) is 60.0 Å². The van der Waals surface area contributed by atoms with E-state index < -0.39 is 0 Å². The number of nitrogens with zero attached hydrogens (tertiary/aromatic N) is 5. The third-order valence-electron chi connectivity index (χ3n) is 6.14. The van der Waals surface area contributed by atoms with Gasteiger partial charge in [-0.15, -0.1) is 0 Å². The van der Waals surface area contributed by atoms with Crippen molar-refractivity contribution in [1.82, 2.24) is 24.9 Å². The summed E-state index contributed by atoms with van der Waals surface area (Å²) >= 11 is 0. The molecule has 0 spiro atoms. The summed E-state index contributed by atoms with van der Waals surface area (Å²) in [5, 5.41) is 3.97. The number of fused-ring (bicyclic) bond motifs is 1. The maximum absolute atomic E-state index is 12.7. The monoisotopic (exact) mass is 383 g/mol. The van der Waals surface area contributed by atoms with Crippen LogP contribution in [0.5, 0.6) is 0 Å². The highest BCUT2D eigenvalue weighted by molar-refractivity contribution is 5.76. The van der Waals surface area contributed by atoms with Gasteiger partial charge in [0.05, 0.1) is 17.4 Å². The molecule has 1 amide bonds. The average Bonchev–Trinajstić information content (AvgIpc) is 3.03. The summed E-state index contributed by atoms with van der Waals surface area (Å²) < 4.78 is 5.19. The van der Waals surface area contributed by atoms with Crippen LogP contribution >= 0.6 is 0 Å². The van der Waals surface area contributed by atoms with E-state index >= 15 is 0 Å². The second-order valence-corrected chi connectivity index (χ2v) is 8.06. The van der Waals surface area contributed by atoms with Gasteiger partial charge in [0.15, 0.2) is 0 Å². The van der Waals surface area contributed by atoms with Gasteiger partial charge < -0.3 is 9.42 Å². The molecule has 2 aliphatic rings. The third kappa shape index (κ3) is 3.81. The van der Waals surface area contributed by atoms with Crippen LogP contribution in [0, 0.1) is 13.8 Å². The van der Waals surface area contributed by atoms with Gasteiger partial charge in [0.1, 0.15) is 11.6 Å². The van der Waals surface area contributed by atoms with Crippen molar-refractivity contribution in [3.05, 3.63) is 40.3 Å². The van der Waals surface area contributed by atoms with E-state index in [1.807, 2.05) is 24.9 Å². The Morgan fingerprint density at radius 2 is 2.14 bits per heavy atom. The second kappa shape index (κ2) is 7.99. The highest BCUT2D eigenvalue weighted by Gasteiger charge is 2.27. The minimum absolute atomic E-state index is 0.168. The molecule has 2 aliphatic heterocycles. The molecular weight excluding hydrogens is 354 g/mol. The van der Waals surface area contributed by atoms with Gasteiger partial charge in [-0.25, -0.2) is 9.97 Å². The maximum Gasteiger partial charge on any atom is 0.223 e. The summed E-state index contributed by atoms with van der Waals surface area (Å²) in [5.41, 5.74) is 4.12. The quantitative estimate of drug-likeness (QED) is 0.808. The van der Waals surface area contributed by atoms with Crippen LogP contribution in [0.15, 0.2) is 10.7 Å². The zero-order valence-electron chi connectivity index (χ0n) is 17.1. The van der Waals surface area contributed by atoms with Gasteiger partial charge in [-0.3, -0.25) is 9.69 Å². The summed E-state index contributed by atoms with van der Waals surface area (Å²) in [4.78, 5) is 26.5. The first kappa shape index (κ1) is 19.1. The van der Waals surface area contributed by atoms with E-state index in [0.29, 0.717) is 25.4 Å². The molecule has 4 rings (SSSR count). The zero-order valence-corrected chi connectivity index (χ0v) is 17.1. The van der Waals surface area contributed by atoms with E-state index in [9.17, 15) is 4.79 Å². The number of amides is 1. The van der Waals surface area contributed by atoms with Crippen LogP contribution in [-0.2, 0) is 24.2 Å². The lowest BCUT2D eigenvalue weighted by molar-refractivity contribution is -0.132. The molecule has 150 valence electrons. The number of aromatic nitrogens is 3. The Morgan fingerprint density at radius 3 is 2.89 bits per heavy atom. The lowest BCUT2D eigenvalue weighted by atomic mass is 10.0. The van der Waals surface area contributed by atoms with Crippen molar-refractivity contribution in [2.75, 3.05) is 20.1 Å². The molecule has 7 heteroatoms. The van der Waals surface area contributed by atoms with Crippen LogP contribution in [0.3, 0.4) is 0 Å². The van der Waals surface area contributed by atoms with E-state index in [-0.39, 0.29) is 5.91 Å². The number of carbonyl (C=O) groups is 1. The first-order valence-electron chi connectivity index (χ1n) is 10.3. The number of hydrogen-bond donors (Lipinski definition) is 0. The highest BCUT2D eigenvalue weighted by Crippen LogP contribution is 2.28. The molecule has 1 unspecified atom stereocenters. The normalized spacial score (nSPS) is 20.2. The van der Waals surface area contributed by atoms with Crippen LogP contribution in [0.1, 0.15) is 65.8 Å². The molecule has 4 heterocycles. The Bertz CT molecular complexity index is 843. The number of piperidine rings is 1. The Kier molecular flexibility index (Phi) is 5.44. The smallest absolute Gasteiger partial charge is 0.223 e. The standard InChI is InChI=1S/C21H29N5O2/c1-14-17(15(2)28-24-14)7-8-20(27)26-11-9-18-16(13-26)12-22-21(23-18)19-6-4-5-10-25(19)3/h12,19H,4-11,13H2,1-3H3. The van der Waals surface area contributed by atoms with E-state index in [1.165, 1.54) is 12.8 Å². The van der Waals surface area contributed by atoms with E-state index in [4.69, 9.17) is 9.51 Å². The minimum Gasteiger partial charge on any atom is -0.361 e. The molecule has 0 aliphatic carbocycles. The molecule has 1 saturated heterocycles. The van der Waals surface area contributed by atoms with Crippen LogP contribution < -0.4 is 0 Å². The van der Waals surface area contributed by atoms with Crippen molar-refractivity contribution in [2.45, 2.75) is 65.0 Å². The number of hydrogen-bond acceptors (Lipinski definition) is 6. The SMILES string of the molecule is Cc1noc(C)c1CCC(=O)N1CCc2nc(C3CCCCN3C)ncc2C1. The van der Waals surface area contributed by atoms with Crippen molar-refractivity contribution in [1.29, 1.82) is 0 Å². The minimum atomic E-state index is 0.168. The predicted molar refractivity (Wildman–Crippen MR) is 105 cm³/mol. The van der Waals surface area contributed by atoms with Gasteiger partial charge in [0.25, 0.3) is 0 Å². The van der Waals surface area contributed by atoms with Crippen molar-refractivity contribution < 1.29 is 9.32 Å². The lowest BCUT2D eigenvalue weighted by Gasteiger charge is -2.33. The lowest BCUT2D eigenvalue weighted by Crippen LogP contribution is -2.37. The molecule has 0 radical (unpaired) electrons. The Labute approximate surface area is 166 Å². The molecule has 1 atom stereocenters. The molecule has 0 saturated carbocycles. The van der Waals surface area contributed by atoms with Gasteiger partial charge in [0, 0.05) is 43.3 Å². The van der Waals surface area contributed by atoms with Gasteiger partial charge in [-0.05, 0) is 46.7 Å². The van der Waals surface area contributed by atoms with Crippen molar-refractivity contribution in [3.63, 3.8) is 0 Å². The molecular formula is C21H29N5O2. The van der Waals surface area contributed by atoms with Crippen molar-refractivity contribution >= 4 is 5.91 Å². The summed E-state index contributed by atoms with van der Waals surface area (Å²) in [6, 6.07) is 0.328. The first-order valence-corrected chi connectivity index (χ1v) is 10.3. The molecule has 2 aromatic heterocycles. The fourth-order valence-corrected chi connectivity index (χ4v) is 4.36. The number of aryl methyl sites for hydroxylation is 2. The molecule has 0 bridgehead atoms. The third-order valence-corrected chi connectivity index (χ3v) is 6.14. The first-order chi connectivity index (χ1) is 13.5. The summed E-state index contributed by atoms with van der Waals surface area (Å²) in [5.74, 6) is 1.92. The Balaban J connectivity index is 1.40. The molecule has 2 aromatic rings. The molecule has 7 nitrogen and oxygen atoms in total. The average molecular weight is 383 g/mol. The Morgan fingerprint density at radius 1 is 1.29 bits per heavy atom. The van der Waals surface area contributed by atoms with E-state index in [2.05, 4.69) is 22.1 Å². The topological polar surface area (TPSA) is 75.4 Å². The van der Waals surface area contributed by atoms with Crippen LogP contribution in [0.25, 0.3) is 0 Å². The molecule has 0 aromatic carbocycles. The summed E-state index contributed by atoms with van der Waals surface area (Å²) in [6.07, 6.45) is 7.51. The van der Waals surface area contributed by atoms with Gasteiger partial charge in [-0.2, -0.15) is 0 Å². The molecule has 28 heavy (non-hydrogen) atoms. The number of carbonyl (C=O) groups excluding carboxylic acids is 1. The predicted octanol–water partition coefficient (Wildman–Crippen LogP) is 2.76. The largest absolute Gasteiger partial charge is 0.361 e. The fourth-order valence-electron chi connectivity index (χ4n) is 4.36. The molecule has 0 N–H and O–H groups in total.